The summed E-state index contributed by atoms with van der Waals surface area (Å²) in [5, 5.41) is 10.7. The number of hydrogen-bond donors (Lipinski definition) is 1. The highest BCUT2D eigenvalue weighted by molar-refractivity contribution is 5.69. The molecule has 6 nitrogen and oxygen atoms in total. The first-order chi connectivity index (χ1) is 19.7. The van der Waals surface area contributed by atoms with Gasteiger partial charge in [-0.25, -0.2) is 4.98 Å². The highest BCUT2D eigenvalue weighted by Gasteiger charge is 2.24. The summed E-state index contributed by atoms with van der Waals surface area (Å²) in [6, 6.07) is 30.9. The van der Waals surface area contributed by atoms with Gasteiger partial charge < -0.3 is 23.9 Å². The number of benzene rings is 3. The van der Waals surface area contributed by atoms with E-state index in [1.165, 1.54) is 16.7 Å². The average Bonchev–Trinajstić information content (AvgIpc) is 3.45. The molecule has 0 saturated carbocycles. The maximum absolute atomic E-state index is 10.7. The van der Waals surface area contributed by atoms with Crippen molar-refractivity contribution in [2.45, 2.75) is 24.9 Å². The quantitative estimate of drug-likeness (QED) is 0.241. The number of ether oxygens (including phenoxy) is 2. The fourth-order valence-corrected chi connectivity index (χ4v) is 5.65. The predicted octanol–water partition coefficient (Wildman–Crippen LogP) is 6.30. The maximum atomic E-state index is 10.7. The summed E-state index contributed by atoms with van der Waals surface area (Å²) in [7, 11) is 1.70. The van der Waals surface area contributed by atoms with Crippen LogP contribution in [0.25, 0.3) is 28.0 Å². The Kier molecular flexibility index (Phi) is 7.80. The molecule has 0 radical (unpaired) electrons. The lowest BCUT2D eigenvalue weighted by atomic mass is 9.84. The first-order valence-corrected chi connectivity index (χ1v) is 14.0. The van der Waals surface area contributed by atoms with Gasteiger partial charge in [-0.05, 0) is 97.1 Å². The van der Waals surface area contributed by atoms with Crippen molar-refractivity contribution in [2.24, 2.45) is 0 Å². The number of aromatic nitrogens is 2. The van der Waals surface area contributed by atoms with Crippen LogP contribution in [-0.2, 0) is 0 Å². The number of nitrogens with zero attached hydrogens (tertiary/aromatic N) is 3. The Hall–Kier alpha value is -4.13. The number of aliphatic hydroxyl groups excluding tert-OH is 1. The lowest BCUT2D eigenvalue weighted by Crippen LogP contribution is -2.40. The Balaban J connectivity index is 0.996. The van der Waals surface area contributed by atoms with E-state index in [-0.39, 0.29) is 6.61 Å². The minimum absolute atomic E-state index is 0.272. The van der Waals surface area contributed by atoms with Gasteiger partial charge in [0.15, 0.2) is 0 Å². The molecule has 3 aromatic carbocycles. The molecule has 0 bridgehead atoms. The number of aliphatic hydroxyl groups is 1. The van der Waals surface area contributed by atoms with E-state index in [0.29, 0.717) is 12.5 Å². The van der Waals surface area contributed by atoms with Crippen molar-refractivity contribution in [3.63, 3.8) is 0 Å². The van der Waals surface area contributed by atoms with Gasteiger partial charge in [-0.3, -0.25) is 0 Å². The monoisotopic (exact) mass is 533 g/mol. The van der Waals surface area contributed by atoms with E-state index in [0.717, 1.165) is 54.3 Å². The number of hydrogen-bond acceptors (Lipinski definition) is 5. The normalized spacial score (nSPS) is 15.2. The minimum Gasteiger partial charge on any atom is -0.497 e. The summed E-state index contributed by atoms with van der Waals surface area (Å²) in [5.74, 6) is 2.13. The fraction of sp³-hybridized carbons (Fsp3) is 0.265. The van der Waals surface area contributed by atoms with Gasteiger partial charge in [0.1, 0.15) is 29.9 Å². The molecule has 5 aromatic rings. The molecule has 1 saturated heterocycles. The Bertz CT molecular complexity index is 1500. The molecule has 1 N–H and O–H groups in total. The molecular weight excluding hydrogens is 498 g/mol. The number of pyridine rings is 1. The van der Waals surface area contributed by atoms with Crippen LogP contribution in [0.15, 0.2) is 103 Å². The third-order valence-corrected chi connectivity index (χ3v) is 7.81. The third-order valence-electron chi connectivity index (χ3n) is 7.81. The van der Waals surface area contributed by atoms with Crippen LogP contribution in [0.3, 0.4) is 0 Å². The number of methoxy groups -OCH3 is 1. The molecular formula is C34H35N3O3. The molecule has 1 atom stereocenters. The molecule has 1 aliphatic rings. The van der Waals surface area contributed by atoms with Gasteiger partial charge in [0.05, 0.1) is 12.8 Å². The van der Waals surface area contributed by atoms with Crippen LogP contribution in [-0.4, -0.2) is 58.8 Å². The zero-order chi connectivity index (χ0) is 27.3. The summed E-state index contributed by atoms with van der Waals surface area (Å²) < 4.78 is 13.3. The van der Waals surface area contributed by atoms with Crippen molar-refractivity contribution < 1.29 is 14.6 Å². The van der Waals surface area contributed by atoms with E-state index in [1.807, 2.05) is 71.4 Å². The van der Waals surface area contributed by atoms with Crippen LogP contribution >= 0.6 is 0 Å². The summed E-state index contributed by atoms with van der Waals surface area (Å²) in [4.78, 5) is 7.03. The SMILES string of the molecule is COc1ccc(-c2ccccc2C2CCN(C[C@@H](O)COc3ccc(-c4cn5ccccc5n4)cc3)CC2)cc1. The van der Waals surface area contributed by atoms with Crippen molar-refractivity contribution in [1.82, 2.24) is 14.3 Å². The van der Waals surface area contributed by atoms with Gasteiger partial charge in [0.25, 0.3) is 0 Å². The number of imidazole rings is 1. The molecule has 0 unspecified atom stereocenters. The van der Waals surface area contributed by atoms with Crippen LogP contribution in [0.1, 0.15) is 24.3 Å². The third kappa shape index (κ3) is 5.88. The Labute approximate surface area is 235 Å². The van der Waals surface area contributed by atoms with Gasteiger partial charge in [0, 0.05) is 24.5 Å². The molecule has 40 heavy (non-hydrogen) atoms. The largest absolute Gasteiger partial charge is 0.497 e. The van der Waals surface area contributed by atoms with Crippen LogP contribution < -0.4 is 9.47 Å². The van der Waals surface area contributed by atoms with Gasteiger partial charge in [-0.2, -0.15) is 0 Å². The molecule has 0 aliphatic carbocycles. The molecule has 6 rings (SSSR count). The standard InChI is InChI=1S/C34H35N3O3/c1-39-29-13-9-25(10-14-29)31-6-2-3-7-32(31)26-17-20-36(21-18-26)22-28(38)24-40-30-15-11-27(12-16-30)33-23-37-19-5-4-8-34(37)35-33/h2-16,19,23,26,28,38H,17-18,20-22,24H2,1H3/t28-/m1/s1. The van der Waals surface area contributed by atoms with Crippen LogP contribution in [0, 0.1) is 0 Å². The highest BCUT2D eigenvalue weighted by Crippen LogP contribution is 2.36. The summed E-state index contributed by atoms with van der Waals surface area (Å²) in [6.07, 6.45) is 5.63. The molecule has 1 aliphatic heterocycles. The second-order valence-corrected chi connectivity index (χ2v) is 10.5. The molecule has 3 heterocycles. The lowest BCUT2D eigenvalue weighted by Gasteiger charge is -2.34. The first-order valence-electron chi connectivity index (χ1n) is 14.0. The van der Waals surface area contributed by atoms with E-state index < -0.39 is 6.10 Å². The number of likely N-dealkylation sites (tertiary alicyclic amines) is 1. The zero-order valence-corrected chi connectivity index (χ0v) is 22.8. The first kappa shape index (κ1) is 26.1. The number of β-amino-alcohol motifs (C(OH)–C–C–N with tert-alkyl or cyclic N) is 1. The fourth-order valence-electron chi connectivity index (χ4n) is 5.65. The lowest BCUT2D eigenvalue weighted by molar-refractivity contribution is 0.0594. The van der Waals surface area contributed by atoms with Crippen molar-refractivity contribution in [1.29, 1.82) is 0 Å². The molecule has 0 spiro atoms. The smallest absolute Gasteiger partial charge is 0.137 e. The van der Waals surface area contributed by atoms with Crippen molar-refractivity contribution >= 4 is 5.65 Å². The van der Waals surface area contributed by atoms with Gasteiger partial charge in [0.2, 0.25) is 0 Å². The van der Waals surface area contributed by atoms with E-state index in [4.69, 9.17) is 9.47 Å². The van der Waals surface area contributed by atoms with Gasteiger partial charge >= 0.3 is 0 Å². The van der Waals surface area contributed by atoms with Crippen LogP contribution in [0.5, 0.6) is 11.5 Å². The summed E-state index contributed by atoms with van der Waals surface area (Å²) in [6.45, 7) is 2.82. The number of rotatable bonds is 9. The number of fused-ring (bicyclic) bond motifs is 1. The highest BCUT2D eigenvalue weighted by atomic mass is 16.5. The maximum Gasteiger partial charge on any atom is 0.137 e. The topological polar surface area (TPSA) is 59.2 Å². The van der Waals surface area contributed by atoms with E-state index in [9.17, 15) is 5.11 Å². The van der Waals surface area contributed by atoms with E-state index >= 15 is 0 Å². The van der Waals surface area contributed by atoms with E-state index in [1.54, 1.807) is 7.11 Å². The second-order valence-electron chi connectivity index (χ2n) is 10.5. The predicted molar refractivity (Wildman–Crippen MR) is 159 cm³/mol. The summed E-state index contributed by atoms with van der Waals surface area (Å²) in [5.41, 5.74) is 6.80. The van der Waals surface area contributed by atoms with Crippen molar-refractivity contribution in [3.8, 4) is 33.9 Å². The Morgan fingerprint density at radius 3 is 2.30 bits per heavy atom. The van der Waals surface area contributed by atoms with Crippen molar-refractivity contribution in [2.75, 3.05) is 33.4 Å². The van der Waals surface area contributed by atoms with E-state index in [2.05, 4.69) is 46.3 Å². The minimum atomic E-state index is -0.541. The molecule has 6 heteroatoms. The van der Waals surface area contributed by atoms with Gasteiger partial charge in [-0.1, -0.05) is 42.5 Å². The molecule has 0 amide bonds. The summed E-state index contributed by atoms with van der Waals surface area (Å²) >= 11 is 0. The van der Waals surface area contributed by atoms with Crippen LogP contribution in [0.4, 0.5) is 0 Å². The average molecular weight is 534 g/mol. The zero-order valence-electron chi connectivity index (χ0n) is 22.8. The van der Waals surface area contributed by atoms with Crippen molar-refractivity contribution in [3.05, 3.63) is 109 Å². The van der Waals surface area contributed by atoms with Gasteiger partial charge in [-0.15, -0.1) is 0 Å². The molecule has 2 aromatic heterocycles. The molecule has 1 fully saturated rings. The Morgan fingerprint density at radius 2 is 1.55 bits per heavy atom. The second kappa shape index (κ2) is 11.9. The van der Waals surface area contributed by atoms with Crippen LogP contribution in [0.2, 0.25) is 0 Å². The molecule has 204 valence electrons. The number of piperidine rings is 1. The Morgan fingerprint density at radius 1 is 0.850 bits per heavy atom.